The highest BCUT2D eigenvalue weighted by Crippen LogP contribution is 2.36. The van der Waals surface area contributed by atoms with E-state index in [2.05, 4.69) is 9.51 Å². The Morgan fingerprint density at radius 2 is 2.19 bits per heavy atom. The van der Waals surface area contributed by atoms with Crippen molar-refractivity contribution in [3.05, 3.63) is 29.7 Å². The number of benzene rings is 1. The second-order valence-corrected chi connectivity index (χ2v) is 6.69. The quantitative estimate of drug-likeness (QED) is 0.697. The minimum Gasteiger partial charge on any atom is -0.441 e. The number of rotatable bonds is 6. The van der Waals surface area contributed by atoms with Crippen molar-refractivity contribution < 1.29 is 23.3 Å². The molecule has 2 rings (SSSR count). The molecule has 1 aromatic heterocycles. The molecule has 0 saturated carbocycles. The molecule has 8 heteroatoms. The van der Waals surface area contributed by atoms with Crippen LogP contribution in [0.25, 0.3) is 11.1 Å². The Morgan fingerprint density at radius 3 is 2.86 bits per heavy atom. The van der Waals surface area contributed by atoms with Crippen LogP contribution >= 0.6 is 7.82 Å². The zero-order chi connectivity index (χ0) is 15.7. The highest BCUT2D eigenvalue weighted by Gasteiger charge is 2.24. The van der Waals surface area contributed by atoms with Gasteiger partial charge in [-0.15, -0.1) is 0 Å². The van der Waals surface area contributed by atoms with Crippen LogP contribution < -0.4 is 5.73 Å². The van der Waals surface area contributed by atoms with Gasteiger partial charge in [-0.05, 0) is 37.5 Å². The van der Waals surface area contributed by atoms with Gasteiger partial charge in [0.15, 0.2) is 11.5 Å². The third-order valence-electron chi connectivity index (χ3n) is 3.11. The lowest BCUT2D eigenvalue weighted by molar-refractivity contribution is 0.154. The monoisotopic (exact) mass is 314 g/mol. The van der Waals surface area contributed by atoms with Crippen molar-refractivity contribution in [3.63, 3.8) is 0 Å². The SMILES string of the molecule is Cc1nc2cc(CC[C@@](C)(N)COP(=O)(O)O)ccc2o1. The average molecular weight is 314 g/mol. The number of nitrogens with zero attached hydrogens (tertiary/aromatic N) is 1. The van der Waals surface area contributed by atoms with Crippen LogP contribution in [0.4, 0.5) is 0 Å². The van der Waals surface area contributed by atoms with Gasteiger partial charge in [-0.25, -0.2) is 9.55 Å². The summed E-state index contributed by atoms with van der Waals surface area (Å²) in [6.07, 6.45) is 1.18. The van der Waals surface area contributed by atoms with E-state index in [9.17, 15) is 4.57 Å². The lowest BCUT2D eigenvalue weighted by Gasteiger charge is -2.24. The molecule has 0 unspecified atom stereocenters. The normalized spacial score (nSPS) is 15.3. The lowest BCUT2D eigenvalue weighted by Crippen LogP contribution is -2.41. The van der Waals surface area contributed by atoms with Crippen LogP contribution in [0.1, 0.15) is 24.8 Å². The third kappa shape index (κ3) is 4.91. The molecule has 116 valence electrons. The first-order chi connectivity index (χ1) is 9.65. The molecule has 0 spiro atoms. The van der Waals surface area contributed by atoms with E-state index < -0.39 is 13.4 Å². The van der Waals surface area contributed by atoms with Crippen molar-refractivity contribution in [1.29, 1.82) is 0 Å². The molecule has 21 heavy (non-hydrogen) atoms. The second kappa shape index (κ2) is 5.87. The van der Waals surface area contributed by atoms with E-state index in [1.807, 2.05) is 18.2 Å². The van der Waals surface area contributed by atoms with Crippen molar-refractivity contribution in [1.82, 2.24) is 4.98 Å². The Balaban J connectivity index is 1.98. The number of nitrogens with two attached hydrogens (primary N) is 1. The molecule has 0 aliphatic carbocycles. The molecule has 2 aromatic rings. The summed E-state index contributed by atoms with van der Waals surface area (Å²) < 4.78 is 20.6. The zero-order valence-electron chi connectivity index (χ0n) is 11.9. The van der Waals surface area contributed by atoms with Gasteiger partial charge in [-0.2, -0.15) is 0 Å². The van der Waals surface area contributed by atoms with Crippen LogP contribution in [0.2, 0.25) is 0 Å². The van der Waals surface area contributed by atoms with Gasteiger partial charge < -0.3 is 19.9 Å². The predicted octanol–water partition coefficient (Wildman–Crippen LogP) is 1.90. The summed E-state index contributed by atoms with van der Waals surface area (Å²) in [6, 6.07) is 5.70. The van der Waals surface area contributed by atoms with E-state index in [1.54, 1.807) is 13.8 Å². The summed E-state index contributed by atoms with van der Waals surface area (Å²) in [4.78, 5) is 21.7. The smallest absolute Gasteiger partial charge is 0.441 e. The molecule has 0 radical (unpaired) electrons. The largest absolute Gasteiger partial charge is 0.469 e. The van der Waals surface area contributed by atoms with E-state index in [4.69, 9.17) is 19.9 Å². The summed E-state index contributed by atoms with van der Waals surface area (Å²) in [7, 11) is -4.49. The van der Waals surface area contributed by atoms with Gasteiger partial charge in [0.25, 0.3) is 0 Å². The number of aryl methyl sites for hydroxylation is 2. The summed E-state index contributed by atoms with van der Waals surface area (Å²) >= 11 is 0. The molecule has 1 atom stereocenters. The first kappa shape index (κ1) is 16.1. The number of hydrogen-bond acceptors (Lipinski definition) is 5. The van der Waals surface area contributed by atoms with E-state index in [0.717, 1.165) is 16.7 Å². The molecule has 1 aromatic carbocycles. The lowest BCUT2D eigenvalue weighted by atomic mass is 9.95. The van der Waals surface area contributed by atoms with Crippen LogP contribution in [-0.2, 0) is 15.5 Å². The Morgan fingerprint density at radius 1 is 1.48 bits per heavy atom. The van der Waals surface area contributed by atoms with Crippen molar-refractivity contribution in [2.45, 2.75) is 32.2 Å². The summed E-state index contributed by atoms with van der Waals surface area (Å²) in [6.45, 7) is 3.28. The standard InChI is InChI=1S/C13H19N2O5P/c1-9-15-11-7-10(3-4-12(11)20-9)5-6-13(2,14)8-19-21(16,17)18/h3-4,7H,5-6,8,14H2,1-2H3,(H2,16,17,18)/t13-/m1/s1. The average Bonchev–Trinajstić information content (AvgIpc) is 2.73. The first-order valence-corrected chi connectivity index (χ1v) is 8.03. The fourth-order valence-electron chi connectivity index (χ4n) is 1.98. The van der Waals surface area contributed by atoms with Gasteiger partial charge in [0.2, 0.25) is 0 Å². The molecule has 0 saturated heterocycles. The third-order valence-corrected chi connectivity index (χ3v) is 3.57. The van der Waals surface area contributed by atoms with Crippen LogP contribution in [-0.4, -0.2) is 26.9 Å². The predicted molar refractivity (Wildman–Crippen MR) is 77.7 cm³/mol. The zero-order valence-corrected chi connectivity index (χ0v) is 12.8. The Bertz CT molecular complexity index is 676. The minimum absolute atomic E-state index is 0.206. The van der Waals surface area contributed by atoms with Crippen LogP contribution in [0.15, 0.2) is 22.6 Å². The van der Waals surface area contributed by atoms with E-state index in [0.29, 0.717) is 18.7 Å². The molecule has 7 nitrogen and oxygen atoms in total. The van der Waals surface area contributed by atoms with E-state index in [-0.39, 0.29) is 6.61 Å². The number of phosphoric ester groups is 1. The maximum atomic E-state index is 10.7. The minimum atomic E-state index is -4.49. The van der Waals surface area contributed by atoms with E-state index >= 15 is 0 Å². The van der Waals surface area contributed by atoms with Crippen molar-refractivity contribution in [2.24, 2.45) is 5.73 Å². The maximum absolute atomic E-state index is 10.7. The van der Waals surface area contributed by atoms with Gasteiger partial charge >= 0.3 is 7.82 Å². The fraction of sp³-hybridized carbons (Fsp3) is 0.462. The maximum Gasteiger partial charge on any atom is 0.469 e. The molecule has 0 bridgehead atoms. The van der Waals surface area contributed by atoms with Crippen LogP contribution in [0, 0.1) is 6.92 Å². The van der Waals surface area contributed by atoms with Gasteiger partial charge in [0, 0.05) is 12.5 Å². The highest BCUT2D eigenvalue weighted by molar-refractivity contribution is 7.46. The molecule has 4 N–H and O–H groups in total. The Labute approximate surface area is 122 Å². The van der Waals surface area contributed by atoms with Gasteiger partial charge in [0.05, 0.1) is 6.61 Å². The molecule has 0 aliphatic heterocycles. The Hall–Kier alpha value is -1.24. The summed E-state index contributed by atoms with van der Waals surface area (Å²) in [5.41, 5.74) is 7.71. The topological polar surface area (TPSA) is 119 Å². The summed E-state index contributed by atoms with van der Waals surface area (Å²) in [5, 5.41) is 0. The number of oxazole rings is 1. The molecule has 0 aliphatic rings. The number of hydrogen-bond donors (Lipinski definition) is 3. The van der Waals surface area contributed by atoms with Crippen molar-refractivity contribution in [2.75, 3.05) is 6.61 Å². The van der Waals surface area contributed by atoms with Crippen LogP contribution in [0.3, 0.4) is 0 Å². The molecule has 0 amide bonds. The number of fused-ring (bicyclic) bond motifs is 1. The fourth-order valence-corrected chi connectivity index (χ4v) is 2.44. The van der Waals surface area contributed by atoms with E-state index in [1.165, 1.54) is 0 Å². The molecular formula is C13H19N2O5P. The second-order valence-electron chi connectivity index (χ2n) is 5.45. The first-order valence-electron chi connectivity index (χ1n) is 6.50. The van der Waals surface area contributed by atoms with Gasteiger partial charge in [-0.1, -0.05) is 6.07 Å². The van der Waals surface area contributed by atoms with Crippen molar-refractivity contribution >= 4 is 18.9 Å². The molecule has 0 fully saturated rings. The van der Waals surface area contributed by atoms with Gasteiger partial charge in [-0.3, -0.25) is 4.52 Å². The highest BCUT2D eigenvalue weighted by atomic mass is 31.2. The molecular weight excluding hydrogens is 295 g/mol. The molecule has 1 heterocycles. The van der Waals surface area contributed by atoms with Crippen molar-refractivity contribution in [3.8, 4) is 0 Å². The van der Waals surface area contributed by atoms with Gasteiger partial charge in [0.1, 0.15) is 5.52 Å². The Kier molecular flexibility index (Phi) is 4.51. The number of phosphoric acid groups is 1. The van der Waals surface area contributed by atoms with Crippen LogP contribution in [0.5, 0.6) is 0 Å². The summed E-state index contributed by atoms with van der Waals surface area (Å²) in [5.74, 6) is 0.612. The number of aromatic nitrogens is 1.